The van der Waals surface area contributed by atoms with Gasteiger partial charge in [-0.15, -0.1) is 0 Å². The molecule has 0 aliphatic carbocycles. The van der Waals surface area contributed by atoms with Crippen LogP contribution in [-0.4, -0.2) is 25.5 Å². The fourth-order valence-electron chi connectivity index (χ4n) is 2.59. The lowest BCUT2D eigenvalue weighted by atomic mass is 10.2. The highest BCUT2D eigenvalue weighted by Gasteiger charge is 2.14. The smallest absolute Gasteiger partial charge is 0.229 e. The molecule has 0 unspecified atom stereocenters. The first-order valence-corrected chi connectivity index (χ1v) is 8.05. The van der Waals surface area contributed by atoms with Gasteiger partial charge in [0.2, 0.25) is 5.91 Å². The molecule has 3 aromatic rings. The molecule has 1 aromatic carbocycles. The molecule has 1 amide bonds. The molecule has 124 valence electrons. The van der Waals surface area contributed by atoms with Gasteiger partial charge in [-0.3, -0.25) is 9.48 Å². The maximum Gasteiger partial charge on any atom is 0.229 e. The van der Waals surface area contributed by atoms with E-state index in [0.717, 1.165) is 23.4 Å². The molecule has 0 saturated carbocycles. The number of halogens is 1. The van der Waals surface area contributed by atoms with Gasteiger partial charge in [0.25, 0.3) is 0 Å². The second kappa shape index (κ2) is 6.88. The number of benzene rings is 1. The van der Waals surface area contributed by atoms with E-state index in [-0.39, 0.29) is 12.3 Å². The van der Waals surface area contributed by atoms with Crippen molar-refractivity contribution < 1.29 is 4.79 Å². The lowest BCUT2D eigenvalue weighted by molar-refractivity contribution is -0.115. The Morgan fingerprint density at radius 3 is 2.79 bits per heavy atom. The lowest BCUT2D eigenvalue weighted by Crippen LogP contribution is -2.15. The Morgan fingerprint density at radius 2 is 2.12 bits per heavy atom. The third kappa shape index (κ3) is 3.49. The Kier molecular flexibility index (Phi) is 4.66. The zero-order chi connectivity index (χ0) is 17.1. The van der Waals surface area contributed by atoms with Gasteiger partial charge in [-0.25, -0.2) is 4.68 Å². The standard InChI is InChI=1S/C17H18ClN5O/c1-3-16-15(21-17(24)7-12-9-19-22(2)11-12)10-20-23(16)14-6-4-5-13(18)8-14/h4-6,8-11H,3,7H2,1-2H3,(H,21,24). The molecule has 0 fully saturated rings. The minimum atomic E-state index is -0.0941. The van der Waals surface area contributed by atoms with Gasteiger partial charge in [-0.2, -0.15) is 10.2 Å². The number of hydrogen-bond acceptors (Lipinski definition) is 3. The van der Waals surface area contributed by atoms with Crippen LogP contribution in [0, 0.1) is 0 Å². The summed E-state index contributed by atoms with van der Waals surface area (Å²) >= 11 is 6.05. The Hall–Kier alpha value is -2.60. The summed E-state index contributed by atoms with van der Waals surface area (Å²) in [6.07, 6.45) is 6.20. The summed E-state index contributed by atoms with van der Waals surface area (Å²) in [5.74, 6) is -0.0941. The van der Waals surface area contributed by atoms with Crippen LogP contribution >= 0.6 is 11.6 Å². The largest absolute Gasteiger partial charge is 0.323 e. The third-order valence-electron chi connectivity index (χ3n) is 3.65. The molecular weight excluding hydrogens is 326 g/mol. The van der Waals surface area contributed by atoms with Crippen LogP contribution in [-0.2, 0) is 24.7 Å². The molecule has 0 aliphatic heterocycles. The topological polar surface area (TPSA) is 64.7 Å². The predicted molar refractivity (Wildman–Crippen MR) is 93.5 cm³/mol. The molecule has 0 bridgehead atoms. The number of nitrogens with zero attached hydrogens (tertiary/aromatic N) is 4. The van der Waals surface area contributed by atoms with Crippen LogP contribution in [0.4, 0.5) is 5.69 Å². The number of aryl methyl sites for hydroxylation is 1. The molecule has 0 spiro atoms. The van der Waals surface area contributed by atoms with Crippen LogP contribution in [0.5, 0.6) is 0 Å². The Bertz CT molecular complexity index is 868. The van der Waals surface area contributed by atoms with E-state index >= 15 is 0 Å². The van der Waals surface area contributed by atoms with Crippen LogP contribution in [0.25, 0.3) is 5.69 Å². The number of anilines is 1. The van der Waals surface area contributed by atoms with Crippen molar-refractivity contribution in [2.75, 3.05) is 5.32 Å². The van der Waals surface area contributed by atoms with Gasteiger partial charge in [0.05, 0.1) is 35.9 Å². The van der Waals surface area contributed by atoms with E-state index in [0.29, 0.717) is 10.7 Å². The normalized spacial score (nSPS) is 10.8. The summed E-state index contributed by atoms with van der Waals surface area (Å²) in [4.78, 5) is 12.3. The molecule has 1 N–H and O–H groups in total. The maximum absolute atomic E-state index is 12.3. The highest BCUT2D eigenvalue weighted by Crippen LogP contribution is 2.22. The van der Waals surface area contributed by atoms with Crippen molar-refractivity contribution in [1.82, 2.24) is 19.6 Å². The van der Waals surface area contributed by atoms with Gasteiger partial charge in [0.15, 0.2) is 0 Å². The fourth-order valence-corrected chi connectivity index (χ4v) is 2.78. The minimum Gasteiger partial charge on any atom is -0.323 e. The first-order chi connectivity index (χ1) is 11.6. The van der Waals surface area contributed by atoms with E-state index < -0.39 is 0 Å². The summed E-state index contributed by atoms with van der Waals surface area (Å²) in [6.45, 7) is 2.02. The fraction of sp³-hybridized carbons (Fsp3) is 0.235. The number of rotatable bonds is 5. The van der Waals surface area contributed by atoms with Gasteiger partial charge in [-0.05, 0) is 30.2 Å². The SMILES string of the molecule is CCc1c(NC(=O)Cc2cnn(C)c2)cnn1-c1cccc(Cl)c1. The molecular formula is C17H18ClN5O. The average molecular weight is 344 g/mol. The van der Waals surface area contributed by atoms with Crippen molar-refractivity contribution in [1.29, 1.82) is 0 Å². The van der Waals surface area contributed by atoms with Crippen molar-refractivity contribution >= 4 is 23.2 Å². The quantitative estimate of drug-likeness (QED) is 0.774. The second-order valence-electron chi connectivity index (χ2n) is 5.50. The predicted octanol–water partition coefficient (Wildman–Crippen LogP) is 3.00. The van der Waals surface area contributed by atoms with E-state index in [2.05, 4.69) is 15.5 Å². The van der Waals surface area contributed by atoms with Gasteiger partial charge < -0.3 is 5.32 Å². The highest BCUT2D eigenvalue weighted by molar-refractivity contribution is 6.30. The molecule has 3 rings (SSSR count). The maximum atomic E-state index is 12.3. The Morgan fingerprint density at radius 1 is 1.29 bits per heavy atom. The van der Waals surface area contributed by atoms with Gasteiger partial charge in [0.1, 0.15) is 0 Å². The monoisotopic (exact) mass is 343 g/mol. The van der Waals surface area contributed by atoms with Crippen molar-refractivity contribution in [2.24, 2.45) is 7.05 Å². The Labute approximate surface area is 145 Å². The summed E-state index contributed by atoms with van der Waals surface area (Å²) in [7, 11) is 1.83. The Balaban J connectivity index is 1.80. The summed E-state index contributed by atoms with van der Waals surface area (Å²) in [5.41, 5.74) is 3.38. The number of nitrogens with one attached hydrogen (secondary N) is 1. The molecule has 24 heavy (non-hydrogen) atoms. The molecule has 0 radical (unpaired) electrons. The van der Waals surface area contributed by atoms with Crippen LogP contribution in [0.3, 0.4) is 0 Å². The van der Waals surface area contributed by atoms with E-state index in [4.69, 9.17) is 11.6 Å². The summed E-state index contributed by atoms with van der Waals surface area (Å²) in [5, 5.41) is 12.0. The molecule has 0 atom stereocenters. The molecule has 0 saturated heterocycles. The van der Waals surface area contributed by atoms with Gasteiger partial charge >= 0.3 is 0 Å². The minimum absolute atomic E-state index is 0.0941. The van der Waals surface area contributed by atoms with Crippen LogP contribution in [0.15, 0.2) is 42.9 Å². The van der Waals surface area contributed by atoms with E-state index in [1.807, 2.05) is 44.4 Å². The average Bonchev–Trinajstić information content (AvgIpc) is 3.13. The molecule has 2 aromatic heterocycles. The van der Waals surface area contributed by atoms with Crippen molar-refractivity contribution in [3.63, 3.8) is 0 Å². The highest BCUT2D eigenvalue weighted by atomic mass is 35.5. The van der Waals surface area contributed by atoms with E-state index in [1.165, 1.54) is 0 Å². The van der Waals surface area contributed by atoms with E-state index in [1.54, 1.807) is 21.8 Å². The van der Waals surface area contributed by atoms with Crippen molar-refractivity contribution in [2.45, 2.75) is 19.8 Å². The van der Waals surface area contributed by atoms with Crippen molar-refractivity contribution in [3.05, 3.63) is 59.1 Å². The number of amides is 1. The number of aromatic nitrogens is 4. The first-order valence-electron chi connectivity index (χ1n) is 7.67. The third-order valence-corrected chi connectivity index (χ3v) is 3.89. The zero-order valence-electron chi connectivity index (χ0n) is 13.5. The number of carbonyl (C=O) groups excluding carboxylic acids is 1. The summed E-state index contributed by atoms with van der Waals surface area (Å²) < 4.78 is 3.48. The van der Waals surface area contributed by atoms with Crippen LogP contribution in [0.1, 0.15) is 18.2 Å². The second-order valence-corrected chi connectivity index (χ2v) is 5.93. The summed E-state index contributed by atoms with van der Waals surface area (Å²) in [6, 6.07) is 7.46. The number of carbonyl (C=O) groups is 1. The first kappa shape index (κ1) is 16.3. The molecule has 0 aliphatic rings. The van der Waals surface area contributed by atoms with Crippen LogP contribution in [0.2, 0.25) is 5.02 Å². The van der Waals surface area contributed by atoms with Crippen molar-refractivity contribution in [3.8, 4) is 5.69 Å². The molecule has 2 heterocycles. The molecule has 7 heteroatoms. The lowest BCUT2D eigenvalue weighted by Gasteiger charge is -2.09. The van der Waals surface area contributed by atoms with Crippen LogP contribution < -0.4 is 5.32 Å². The van der Waals surface area contributed by atoms with E-state index in [9.17, 15) is 4.79 Å². The van der Waals surface area contributed by atoms with Gasteiger partial charge in [0, 0.05) is 18.3 Å². The zero-order valence-corrected chi connectivity index (χ0v) is 14.3. The van der Waals surface area contributed by atoms with Gasteiger partial charge in [-0.1, -0.05) is 24.6 Å². The molecule has 6 nitrogen and oxygen atoms in total. The number of hydrogen-bond donors (Lipinski definition) is 1.